The fraction of sp³-hybridized carbons (Fsp3) is 0.500. The van der Waals surface area contributed by atoms with Gasteiger partial charge in [0, 0.05) is 13.0 Å². The van der Waals surface area contributed by atoms with Crippen LogP contribution in [0.3, 0.4) is 0 Å². The number of carbonyl (C=O) groups is 1. The Bertz CT molecular complexity index is 543. The molecule has 0 fully saturated rings. The lowest BCUT2D eigenvalue weighted by molar-refractivity contribution is -0.131. The van der Waals surface area contributed by atoms with Gasteiger partial charge in [0.1, 0.15) is 5.82 Å². The smallest absolute Gasteiger partial charge is 0.264 e. The van der Waals surface area contributed by atoms with Gasteiger partial charge < -0.3 is 10.2 Å². The molecular weight excluding hydrogens is 307 g/mol. The maximum atomic E-state index is 13.8. The van der Waals surface area contributed by atoms with Gasteiger partial charge in [-0.3, -0.25) is 4.79 Å². The van der Waals surface area contributed by atoms with Crippen molar-refractivity contribution in [2.24, 2.45) is 5.16 Å². The molecule has 1 aromatic rings. The molecule has 6 heteroatoms. The number of hydrogen-bond acceptors (Lipinski definition) is 3. The molecule has 0 saturated carbocycles. The topological polar surface area (TPSA) is 50.7 Å². The lowest BCUT2D eigenvalue weighted by Crippen LogP contribution is -2.35. The normalized spacial score (nSPS) is 17.0. The first-order valence-corrected chi connectivity index (χ1v) is 7.96. The molecule has 1 N–H and O–H groups in total. The molecule has 1 aliphatic heterocycles. The van der Waals surface area contributed by atoms with Crippen LogP contribution in [-0.4, -0.2) is 24.3 Å². The van der Waals surface area contributed by atoms with Crippen LogP contribution in [0.1, 0.15) is 44.6 Å². The Morgan fingerprint density at radius 2 is 2.27 bits per heavy atom. The number of benzene rings is 1. The molecule has 1 amide bonds. The second kappa shape index (κ2) is 8.13. The number of halogens is 2. The van der Waals surface area contributed by atoms with E-state index >= 15 is 0 Å². The monoisotopic (exact) mass is 326 g/mol. The van der Waals surface area contributed by atoms with Crippen LogP contribution in [0.4, 0.5) is 4.39 Å². The van der Waals surface area contributed by atoms with Gasteiger partial charge in [-0.25, -0.2) is 4.39 Å². The first-order valence-electron chi connectivity index (χ1n) is 7.58. The molecule has 0 spiro atoms. The summed E-state index contributed by atoms with van der Waals surface area (Å²) in [5, 5.41) is 6.91. The molecule has 1 aliphatic rings. The molecule has 4 nitrogen and oxygen atoms in total. The van der Waals surface area contributed by atoms with Gasteiger partial charge >= 0.3 is 0 Å². The third-order valence-corrected chi connectivity index (χ3v) is 3.86. The fourth-order valence-corrected chi connectivity index (χ4v) is 2.59. The minimum absolute atomic E-state index is 0.211. The third-order valence-electron chi connectivity index (χ3n) is 3.54. The Morgan fingerprint density at radius 1 is 1.45 bits per heavy atom. The standard InChI is InChI=1S/C16H20ClFN2O2/c1-2-3-4-5-9-19-16(21)14-10-13(20-22-14)15-11(17)7-6-8-12(15)18/h6-8,14H,2-5,9-10H2,1H3,(H,19,21). The highest BCUT2D eigenvalue weighted by Crippen LogP contribution is 2.25. The summed E-state index contributed by atoms with van der Waals surface area (Å²) in [5.74, 6) is -0.682. The maximum Gasteiger partial charge on any atom is 0.264 e. The number of oxime groups is 1. The average Bonchev–Trinajstić information content (AvgIpc) is 2.96. The van der Waals surface area contributed by atoms with Gasteiger partial charge in [0.05, 0.1) is 16.3 Å². The van der Waals surface area contributed by atoms with Gasteiger partial charge in [0.2, 0.25) is 6.10 Å². The average molecular weight is 327 g/mol. The van der Waals surface area contributed by atoms with Crippen LogP contribution < -0.4 is 5.32 Å². The van der Waals surface area contributed by atoms with E-state index in [9.17, 15) is 9.18 Å². The van der Waals surface area contributed by atoms with Gasteiger partial charge in [-0.05, 0) is 18.6 Å². The largest absolute Gasteiger partial charge is 0.382 e. The number of hydrogen-bond donors (Lipinski definition) is 1. The van der Waals surface area contributed by atoms with E-state index < -0.39 is 11.9 Å². The van der Waals surface area contributed by atoms with Gasteiger partial charge in [0.15, 0.2) is 0 Å². The summed E-state index contributed by atoms with van der Waals surface area (Å²) >= 11 is 5.99. The molecule has 0 bridgehead atoms. The van der Waals surface area contributed by atoms with Crippen molar-refractivity contribution in [3.63, 3.8) is 0 Å². The van der Waals surface area contributed by atoms with Crippen molar-refractivity contribution in [3.05, 3.63) is 34.6 Å². The van der Waals surface area contributed by atoms with Crippen molar-refractivity contribution < 1.29 is 14.0 Å². The molecule has 1 unspecified atom stereocenters. The van der Waals surface area contributed by atoms with E-state index in [1.54, 1.807) is 6.07 Å². The SMILES string of the molecule is CCCCCCNC(=O)C1CC(c2c(F)cccc2Cl)=NO1. The molecule has 0 aliphatic carbocycles. The summed E-state index contributed by atoms with van der Waals surface area (Å²) in [6.07, 6.45) is 3.86. The first-order chi connectivity index (χ1) is 10.6. The van der Waals surface area contributed by atoms with E-state index in [1.165, 1.54) is 12.1 Å². The van der Waals surface area contributed by atoms with Gasteiger partial charge in [-0.15, -0.1) is 0 Å². The summed E-state index contributed by atoms with van der Waals surface area (Å²) in [6.45, 7) is 2.76. The van der Waals surface area contributed by atoms with E-state index in [0.717, 1.165) is 25.7 Å². The molecule has 1 aromatic carbocycles. The van der Waals surface area contributed by atoms with Crippen molar-refractivity contribution in [2.75, 3.05) is 6.54 Å². The second-order valence-electron chi connectivity index (χ2n) is 5.28. The second-order valence-corrected chi connectivity index (χ2v) is 5.69. The molecule has 2 rings (SSSR count). The highest BCUT2D eigenvalue weighted by atomic mass is 35.5. The van der Waals surface area contributed by atoms with E-state index in [0.29, 0.717) is 12.3 Å². The number of unbranched alkanes of at least 4 members (excludes halogenated alkanes) is 3. The lowest BCUT2D eigenvalue weighted by Gasteiger charge is -2.09. The molecule has 1 atom stereocenters. The van der Waals surface area contributed by atoms with Crippen molar-refractivity contribution in [3.8, 4) is 0 Å². The minimum atomic E-state index is -0.711. The number of rotatable bonds is 7. The Kier molecular flexibility index (Phi) is 6.19. The predicted molar refractivity (Wildman–Crippen MR) is 84.6 cm³/mol. The van der Waals surface area contributed by atoms with E-state index in [2.05, 4.69) is 17.4 Å². The molecular formula is C16H20ClFN2O2. The van der Waals surface area contributed by atoms with Crippen LogP contribution >= 0.6 is 11.6 Å². The third kappa shape index (κ3) is 4.19. The summed E-state index contributed by atoms with van der Waals surface area (Å²) in [7, 11) is 0. The number of nitrogens with zero attached hydrogens (tertiary/aromatic N) is 1. The zero-order valence-electron chi connectivity index (χ0n) is 12.6. The van der Waals surface area contributed by atoms with Crippen LogP contribution in [0.15, 0.2) is 23.4 Å². The summed E-state index contributed by atoms with van der Waals surface area (Å²) in [5.41, 5.74) is 0.580. The molecule has 0 aromatic heterocycles. The van der Waals surface area contributed by atoms with Crippen LogP contribution in [0.25, 0.3) is 0 Å². The summed E-state index contributed by atoms with van der Waals surface area (Å²) < 4.78 is 13.8. The lowest BCUT2D eigenvalue weighted by atomic mass is 10.0. The maximum absolute atomic E-state index is 13.8. The van der Waals surface area contributed by atoms with E-state index in [1.807, 2.05) is 0 Å². The molecule has 0 saturated heterocycles. The van der Waals surface area contributed by atoms with E-state index in [4.69, 9.17) is 16.4 Å². The van der Waals surface area contributed by atoms with Crippen LogP contribution in [0.2, 0.25) is 5.02 Å². The van der Waals surface area contributed by atoms with Crippen molar-refractivity contribution >= 4 is 23.2 Å². The van der Waals surface area contributed by atoms with Crippen molar-refractivity contribution in [1.82, 2.24) is 5.32 Å². The number of carbonyl (C=O) groups excluding carboxylic acids is 1. The van der Waals surface area contributed by atoms with Gasteiger partial charge in [0.25, 0.3) is 5.91 Å². The predicted octanol–water partition coefficient (Wildman–Crippen LogP) is 3.67. The highest BCUT2D eigenvalue weighted by molar-refractivity contribution is 6.34. The Morgan fingerprint density at radius 3 is 3.00 bits per heavy atom. The van der Waals surface area contributed by atoms with Gasteiger partial charge in [-0.1, -0.05) is 49.0 Å². The van der Waals surface area contributed by atoms with Crippen molar-refractivity contribution in [2.45, 2.75) is 45.1 Å². The zero-order valence-corrected chi connectivity index (χ0v) is 13.3. The van der Waals surface area contributed by atoms with Gasteiger partial charge in [-0.2, -0.15) is 0 Å². The molecule has 22 heavy (non-hydrogen) atoms. The molecule has 1 heterocycles. The molecule has 0 radical (unpaired) electrons. The van der Waals surface area contributed by atoms with Crippen LogP contribution in [-0.2, 0) is 9.63 Å². The zero-order chi connectivity index (χ0) is 15.9. The Labute approximate surface area is 134 Å². The van der Waals surface area contributed by atoms with Crippen molar-refractivity contribution in [1.29, 1.82) is 0 Å². The Hall–Kier alpha value is -1.62. The summed E-state index contributed by atoms with van der Waals surface area (Å²) in [4.78, 5) is 17.1. The Balaban J connectivity index is 1.85. The van der Waals surface area contributed by atoms with Crippen LogP contribution in [0.5, 0.6) is 0 Å². The summed E-state index contributed by atoms with van der Waals surface area (Å²) in [6, 6.07) is 4.42. The first kappa shape index (κ1) is 16.7. The fourth-order valence-electron chi connectivity index (χ4n) is 2.32. The minimum Gasteiger partial charge on any atom is -0.382 e. The van der Waals surface area contributed by atoms with Crippen LogP contribution in [0, 0.1) is 5.82 Å². The van der Waals surface area contributed by atoms with E-state index in [-0.39, 0.29) is 22.9 Å². The molecule has 120 valence electrons. The number of amides is 1. The quantitative estimate of drug-likeness (QED) is 0.777. The highest BCUT2D eigenvalue weighted by Gasteiger charge is 2.30. The number of nitrogens with one attached hydrogen (secondary N) is 1.